The normalized spacial score (nSPS) is 11.6. The third-order valence-corrected chi connectivity index (χ3v) is 6.58. The number of nitrogens with one attached hydrogen (secondary N) is 1. The highest BCUT2D eigenvalue weighted by Crippen LogP contribution is 2.20. The van der Waals surface area contributed by atoms with Gasteiger partial charge < -0.3 is 15.0 Å². The molecule has 0 bridgehead atoms. The molecule has 5 nitrogen and oxygen atoms in total. The van der Waals surface area contributed by atoms with Gasteiger partial charge in [-0.25, -0.2) is 0 Å². The Morgan fingerprint density at radius 2 is 1.69 bits per heavy atom. The minimum absolute atomic E-state index is 0.145. The van der Waals surface area contributed by atoms with E-state index in [0.29, 0.717) is 25.3 Å². The van der Waals surface area contributed by atoms with Crippen molar-refractivity contribution in [3.8, 4) is 5.75 Å². The zero-order chi connectivity index (χ0) is 25.9. The lowest BCUT2D eigenvalue weighted by Crippen LogP contribution is -2.51. The molecular formula is C30H35BrN2O3. The predicted octanol–water partition coefficient (Wildman–Crippen LogP) is 6.00. The number of hydrogen-bond donors (Lipinski definition) is 1. The molecule has 1 atom stereocenters. The summed E-state index contributed by atoms with van der Waals surface area (Å²) in [5, 5.41) is 3.04. The molecule has 2 amide bonds. The maximum atomic E-state index is 13.6. The lowest BCUT2D eigenvalue weighted by Gasteiger charge is -2.31. The first-order chi connectivity index (χ1) is 17.4. The van der Waals surface area contributed by atoms with E-state index in [9.17, 15) is 9.59 Å². The summed E-state index contributed by atoms with van der Waals surface area (Å²) in [6, 6.07) is 22.8. The van der Waals surface area contributed by atoms with Gasteiger partial charge >= 0.3 is 0 Å². The van der Waals surface area contributed by atoms with Crippen LogP contribution in [0.2, 0.25) is 0 Å². The standard InChI is InChI=1S/C30H35BrN2O3/c1-4-5-17-32-30(35)27(19-24-9-7-6-8-10-24)33(20-25-12-14-26(31)15-13-25)29(34)21-36-28-16-11-22(2)18-23(28)3/h6-16,18,27H,4-5,17,19-21H2,1-3H3,(H,32,35)/t27-/m0/s1. The Morgan fingerprint density at radius 3 is 2.36 bits per heavy atom. The minimum atomic E-state index is -0.664. The van der Waals surface area contributed by atoms with E-state index in [0.717, 1.165) is 39.6 Å². The number of aryl methyl sites for hydroxylation is 2. The van der Waals surface area contributed by atoms with E-state index in [2.05, 4.69) is 28.2 Å². The Labute approximate surface area is 223 Å². The van der Waals surface area contributed by atoms with Gasteiger partial charge in [-0.3, -0.25) is 9.59 Å². The molecule has 0 aliphatic heterocycles. The number of hydrogen-bond acceptors (Lipinski definition) is 3. The summed E-state index contributed by atoms with van der Waals surface area (Å²) >= 11 is 3.47. The van der Waals surface area contributed by atoms with Crippen molar-refractivity contribution in [3.63, 3.8) is 0 Å². The fourth-order valence-electron chi connectivity index (χ4n) is 4.03. The van der Waals surface area contributed by atoms with E-state index in [-0.39, 0.29) is 18.4 Å². The van der Waals surface area contributed by atoms with Crippen LogP contribution in [0.3, 0.4) is 0 Å². The molecule has 0 heterocycles. The molecule has 0 aliphatic carbocycles. The van der Waals surface area contributed by atoms with Crippen LogP contribution in [0.4, 0.5) is 0 Å². The van der Waals surface area contributed by atoms with Crippen molar-refractivity contribution in [3.05, 3.63) is 99.5 Å². The number of unbranched alkanes of at least 4 members (excludes halogenated alkanes) is 1. The Hall–Kier alpha value is -3.12. The second kappa shape index (κ2) is 13.8. The molecule has 6 heteroatoms. The highest BCUT2D eigenvalue weighted by atomic mass is 79.9. The summed E-state index contributed by atoms with van der Waals surface area (Å²) in [6.45, 7) is 6.81. The number of benzene rings is 3. The summed E-state index contributed by atoms with van der Waals surface area (Å²) in [4.78, 5) is 28.7. The second-order valence-electron chi connectivity index (χ2n) is 9.06. The smallest absolute Gasteiger partial charge is 0.261 e. The van der Waals surface area contributed by atoms with Gasteiger partial charge in [0.1, 0.15) is 11.8 Å². The summed E-state index contributed by atoms with van der Waals surface area (Å²) < 4.78 is 6.90. The third kappa shape index (κ3) is 8.23. The molecule has 0 radical (unpaired) electrons. The van der Waals surface area contributed by atoms with Gasteiger partial charge in [-0.2, -0.15) is 0 Å². The van der Waals surface area contributed by atoms with Gasteiger partial charge in [0.15, 0.2) is 6.61 Å². The van der Waals surface area contributed by atoms with Crippen LogP contribution >= 0.6 is 15.9 Å². The van der Waals surface area contributed by atoms with E-state index < -0.39 is 6.04 Å². The van der Waals surface area contributed by atoms with Crippen LogP contribution in [0.5, 0.6) is 5.75 Å². The van der Waals surface area contributed by atoms with E-state index in [1.165, 1.54) is 0 Å². The van der Waals surface area contributed by atoms with E-state index >= 15 is 0 Å². The van der Waals surface area contributed by atoms with Gasteiger partial charge in [-0.1, -0.05) is 89.4 Å². The van der Waals surface area contributed by atoms with Crippen LogP contribution < -0.4 is 10.1 Å². The largest absolute Gasteiger partial charge is 0.483 e. The van der Waals surface area contributed by atoms with Gasteiger partial charge in [-0.05, 0) is 55.2 Å². The number of carbonyl (C=O) groups excluding carboxylic acids is 2. The quantitative estimate of drug-likeness (QED) is 0.281. The fourth-order valence-corrected chi connectivity index (χ4v) is 4.29. The topological polar surface area (TPSA) is 58.6 Å². The number of ether oxygens (including phenoxy) is 1. The molecule has 3 aromatic rings. The molecule has 190 valence electrons. The van der Waals surface area contributed by atoms with Crippen molar-refractivity contribution in [2.75, 3.05) is 13.2 Å². The van der Waals surface area contributed by atoms with Crippen molar-refractivity contribution in [1.82, 2.24) is 10.2 Å². The Morgan fingerprint density at radius 1 is 0.972 bits per heavy atom. The third-order valence-electron chi connectivity index (χ3n) is 6.05. The van der Waals surface area contributed by atoms with Gasteiger partial charge in [0, 0.05) is 24.0 Å². The Kier molecular flexibility index (Phi) is 10.6. The van der Waals surface area contributed by atoms with Gasteiger partial charge in [0.2, 0.25) is 5.91 Å². The van der Waals surface area contributed by atoms with E-state index in [1.807, 2.05) is 86.6 Å². The molecule has 0 saturated heterocycles. The second-order valence-corrected chi connectivity index (χ2v) is 9.97. The van der Waals surface area contributed by atoms with Crippen molar-refractivity contribution in [2.45, 2.75) is 52.6 Å². The molecule has 0 spiro atoms. The molecule has 0 aromatic heterocycles. The molecule has 36 heavy (non-hydrogen) atoms. The summed E-state index contributed by atoms with van der Waals surface area (Å²) in [6.07, 6.45) is 2.29. The maximum Gasteiger partial charge on any atom is 0.261 e. The summed E-state index contributed by atoms with van der Waals surface area (Å²) in [7, 11) is 0. The fraction of sp³-hybridized carbons (Fsp3) is 0.333. The molecule has 3 aromatic carbocycles. The molecule has 0 unspecified atom stereocenters. The zero-order valence-corrected chi connectivity index (χ0v) is 22.9. The van der Waals surface area contributed by atoms with Crippen LogP contribution in [0.1, 0.15) is 42.0 Å². The lowest BCUT2D eigenvalue weighted by atomic mass is 10.0. The van der Waals surface area contributed by atoms with Crippen LogP contribution in [0.15, 0.2) is 77.3 Å². The number of amides is 2. The SMILES string of the molecule is CCCCNC(=O)[C@H](Cc1ccccc1)N(Cc1ccc(Br)cc1)C(=O)COc1ccc(C)cc1C. The number of halogens is 1. The van der Waals surface area contributed by atoms with Gasteiger partial charge in [-0.15, -0.1) is 0 Å². The summed E-state index contributed by atoms with van der Waals surface area (Å²) in [5.74, 6) is 0.290. The molecule has 0 fully saturated rings. The van der Waals surface area contributed by atoms with Gasteiger partial charge in [0.25, 0.3) is 5.91 Å². The van der Waals surface area contributed by atoms with Crippen molar-refractivity contribution in [1.29, 1.82) is 0 Å². The maximum absolute atomic E-state index is 13.6. The van der Waals surface area contributed by atoms with Crippen LogP contribution in [0.25, 0.3) is 0 Å². The van der Waals surface area contributed by atoms with Crippen molar-refractivity contribution in [2.24, 2.45) is 0 Å². The lowest BCUT2D eigenvalue weighted by molar-refractivity contribution is -0.142. The highest BCUT2D eigenvalue weighted by molar-refractivity contribution is 9.10. The van der Waals surface area contributed by atoms with E-state index in [4.69, 9.17) is 4.74 Å². The average molecular weight is 552 g/mol. The van der Waals surface area contributed by atoms with Crippen LogP contribution in [-0.4, -0.2) is 35.9 Å². The first kappa shape index (κ1) is 27.5. The first-order valence-electron chi connectivity index (χ1n) is 12.4. The summed E-state index contributed by atoms with van der Waals surface area (Å²) in [5.41, 5.74) is 4.05. The molecule has 1 N–H and O–H groups in total. The minimum Gasteiger partial charge on any atom is -0.483 e. The molecule has 0 saturated carbocycles. The van der Waals surface area contributed by atoms with Crippen molar-refractivity contribution >= 4 is 27.7 Å². The Bertz CT molecular complexity index is 1130. The number of nitrogens with zero attached hydrogens (tertiary/aromatic N) is 1. The van der Waals surface area contributed by atoms with Gasteiger partial charge in [0.05, 0.1) is 0 Å². The van der Waals surface area contributed by atoms with E-state index in [1.54, 1.807) is 4.90 Å². The predicted molar refractivity (Wildman–Crippen MR) is 148 cm³/mol. The monoisotopic (exact) mass is 550 g/mol. The van der Waals surface area contributed by atoms with Crippen LogP contribution in [0, 0.1) is 13.8 Å². The highest BCUT2D eigenvalue weighted by Gasteiger charge is 2.30. The average Bonchev–Trinajstić information content (AvgIpc) is 2.87. The van der Waals surface area contributed by atoms with Crippen molar-refractivity contribution < 1.29 is 14.3 Å². The number of carbonyl (C=O) groups is 2. The van der Waals surface area contributed by atoms with Crippen LogP contribution in [-0.2, 0) is 22.6 Å². The molecule has 0 aliphatic rings. The number of rotatable bonds is 12. The zero-order valence-electron chi connectivity index (χ0n) is 21.3. The molecular weight excluding hydrogens is 516 g/mol. The molecule has 3 rings (SSSR count). The first-order valence-corrected chi connectivity index (χ1v) is 13.2. The Balaban J connectivity index is 1.88.